The van der Waals surface area contributed by atoms with E-state index >= 15 is 0 Å². The molecule has 0 aliphatic heterocycles. The molecule has 0 aromatic heterocycles. The van der Waals surface area contributed by atoms with Crippen molar-refractivity contribution < 1.29 is 1.37 Å². The first kappa shape index (κ1) is 7.44. The number of hydrogen-bond acceptors (Lipinski definition) is 2. The van der Waals surface area contributed by atoms with E-state index in [1.807, 2.05) is 30.3 Å². The fourth-order valence-electron chi connectivity index (χ4n) is 1.29. The Morgan fingerprint density at radius 3 is 1.79 bits per heavy atom. The Labute approximate surface area is 84.6 Å². The van der Waals surface area contributed by atoms with Gasteiger partial charge in [-0.25, -0.2) is 0 Å². The van der Waals surface area contributed by atoms with Gasteiger partial charge in [-0.1, -0.05) is 24.3 Å². The van der Waals surface area contributed by atoms with Gasteiger partial charge in [0.1, 0.15) is 0 Å². The molecule has 0 aliphatic carbocycles. The van der Waals surface area contributed by atoms with Crippen LogP contribution >= 0.6 is 0 Å². The van der Waals surface area contributed by atoms with Crippen LogP contribution < -0.4 is 11.5 Å². The molecule has 2 aromatic rings. The largest absolute Gasteiger partial charge is 0.399 e. The third-order valence-corrected chi connectivity index (χ3v) is 2.08. The van der Waals surface area contributed by atoms with Crippen molar-refractivity contribution in [2.45, 2.75) is 0 Å². The van der Waals surface area contributed by atoms with Crippen molar-refractivity contribution >= 4 is 11.4 Å². The second-order valence-corrected chi connectivity index (χ2v) is 3.15. The molecule has 0 saturated heterocycles. The quantitative estimate of drug-likeness (QED) is 0.671. The van der Waals surface area contributed by atoms with Crippen LogP contribution in [0.25, 0.3) is 11.1 Å². The first-order valence-electron chi connectivity index (χ1n) is 4.89. The van der Waals surface area contributed by atoms with Gasteiger partial charge >= 0.3 is 0 Å². The molecular formula is C12H12N2. The van der Waals surface area contributed by atoms with Crippen molar-refractivity contribution in [3.8, 4) is 11.1 Å². The molecule has 0 saturated carbocycles. The standard InChI is InChI=1S/C12H12N2/c13-11-5-1-9(2-6-11)10-3-7-12(14)8-4-10/h1-8H,13-14H2/i5D. The molecule has 70 valence electrons. The second kappa shape index (κ2) is 3.42. The number of benzene rings is 2. The highest BCUT2D eigenvalue weighted by molar-refractivity contribution is 5.67. The molecule has 0 fully saturated rings. The summed E-state index contributed by atoms with van der Waals surface area (Å²) in [6.07, 6.45) is 0. The number of rotatable bonds is 1. The zero-order valence-corrected chi connectivity index (χ0v) is 7.70. The molecule has 0 amide bonds. The fraction of sp³-hybridized carbons (Fsp3) is 0. The second-order valence-electron chi connectivity index (χ2n) is 3.15. The number of hydrogen-bond donors (Lipinski definition) is 2. The van der Waals surface area contributed by atoms with Crippen molar-refractivity contribution in [2.24, 2.45) is 0 Å². The minimum Gasteiger partial charge on any atom is -0.399 e. The summed E-state index contributed by atoms with van der Waals surface area (Å²) in [7, 11) is 0. The van der Waals surface area contributed by atoms with Crippen molar-refractivity contribution in [3.63, 3.8) is 0 Å². The summed E-state index contributed by atoms with van der Waals surface area (Å²) < 4.78 is 7.60. The van der Waals surface area contributed by atoms with Gasteiger partial charge in [0.15, 0.2) is 0 Å². The molecule has 0 spiro atoms. The molecule has 2 aromatic carbocycles. The summed E-state index contributed by atoms with van der Waals surface area (Å²) in [5.41, 5.74) is 14.4. The van der Waals surface area contributed by atoms with Crippen LogP contribution in [0.1, 0.15) is 1.37 Å². The Bertz CT molecular complexity index is 477. The molecular weight excluding hydrogens is 172 g/mol. The SMILES string of the molecule is [2H]c1cc(-c2ccc(N)cc2)ccc1N. The van der Waals surface area contributed by atoms with E-state index in [0.717, 1.165) is 16.8 Å². The Kier molecular flexibility index (Phi) is 1.82. The van der Waals surface area contributed by atoms with Crippen LogP contribution in [0.4, 0.5) is 11.4 Å². The first-order chi connectivity index (χ1) is 7.16. The maximum atomic E-state index is 7.60. The van der Waals surface area contributed by atoms with Crippen LogP contribution in [-0.2, 0) is 0 Å². The van der Waals surface area contributed by atoms with Crippen molar-refractivity contribution in [3.05, 3.63) is 48.5 Å². The highest BCUT2D eigenvalue weighted by atomic mass is 14.5. The lowest BCUT2D eigenvalue weighted by Gasteiger charge is -2.02. The number of anilines is 2. The monoisotopic (exact) mass is 185 g/mol. The van der Waals surface area contributed by atoms with E-state index in [2.05, 4.69) is 0 Å². The Morgan fingerprint density at radius 2 is 1.21 bits per heavy atom. The molecule has 2 nitrogen and oxygen atoms in total. The summed E-state index contributed by atoms with van der Waals surface area (Å²) in [5.74, 6) is 0. The van der Waals surface area contributed by atoms with E-state index in [9.17, 15) is 0 Å². The van der Waals surface area contributed by atoms with Crippen LogP contribution in [0, 0.1) is 0 Å². The van der Waals surface area contributed by atoms with Gasteiger partial charge < -0.3 is 11.5 Å². The Morgan fingerprint density at radius 1 is 0.714 bits per heavy atom. The molecule has 0 atom stereocenters. The van der Waals surface area contributed by atoms with Gasteiger partial charge in [-0.15, -0.1) is 0 Å². The lowest BCUT2D eigenvalue weighted by molar-refractivity contribution is 1.61. The lowest BCUT2D eigenvalue weighted by Crippen LogP contribution is -1.85. The lowest BCUT2D eigenvalue weighted by atomic mass is 10.1. The Hall–Kier alpha value is -1.96. The van der Waals surface area contributed by atoms with Crippen molar-refractivity contribution in [1.29, 1.82) is 0 Å². The molecule has 2 rings (SSSR count). The summed E-state index contributed by atoms with van der Waals surface area (Å²) >= 11 is 0. The van der Waals surface area contributed by atoms with Crippen molar-refractivity contribution in [1.82, 2.24) is 0 Å². The molecule has 2 heteroatoms. The molecule has 0 bridgehead atoms. The predicted octanol–water partition coefficient (Wildman–Crippen LogP) is 2.52. The normalized spacial score (nSPS) is 11.0. The molecule has 0 unspecified atom stereocenters. The highest BCUT2D eigenvalue weighted by Gasteiger charge is 1.95. The zero-order valence-electron chi connectivity index (χ0n) is 8.70. The summed E-state index contributed by atoms with van der Waals surface area (Å²) in [6, 6.07) is 13.3. The van der Waals surface area contributed by atoms with Gasteiger partial charge in [0.2, 0.25) is 0 Å². The van der Waals surface area contributed by atoms with E-state index in [1.165, 1.54) is 0 Å². The average Bonchev–Trinajstić information content (AvgIpc) is 2.23. The fourth-order valence-corrected chi connectivity index (χ4v) is 1.29. The van der Waals surface area contributed by atoms with Crippen LogP contribution in [0.5, 0.6) is 0 Å². The van der Waals surface area contributed by atoms with Crippen LogP contribution in [0.15, 0.2) is 48.5 Å². The van der Waals surface area contributed by atoms with Crippen LogP contribution in [0.3, 0.4) is 0 Å². The first-order valence-corrected chi connectivity index (χ1v) is 4.39. The highest BCUT2D eigenvalue weighted by Crippen LogP contribution is 2.21. The van der Waals surface area contributed by atoms with Gasteiger partial charge in [-0.05, 0) is 35.4 Å². The molecule has 14 heavy (non-hydrogen) atoms. The molecule has 0 aliphatic rings. The maximum absolute atomic E-state index is 7.60. The topological polar surface area (TPSA) is 52.0 Å². The number of nitrogens with two attached hydrogens (primary N) is 2. The van der Waals surface area contributed by atoms with Gasteiger partial charge in [0, 0.05) is 11.4 Å². The smallest absolute Gasteiger partial charge is 0.0645 e. The zero-order chi connectivity index (χ0) is 10.8. The van der Waals surface area contributed by atoms with Gasteiger partial charge in [-0.3, -0.25) is 0 Å². The third-order valence-electron chi connectivity index (χ3n) is 2.08. The van der Waals surface area contributed by atoms with E-state index in [4.69, 9.17) is 12.8 Å². The predicted molar refractivity (Wildman–Crippen MR) is 60.7 cm³/mol. The van der Waals surface area contributed by atoms with E-state index in [-0.39, 0.29) is 0 Å². The summed E-state index contributed by atoms with van der Waals surface area (Å²) in [4.78, 5) is 0. The van der Waals surface area contributed by atoms with Gasteiger partial charge in [-0.2, -0.15) is 0 Å². The van der Waals surface area contributed by atoms with E-state index in [0.29, 0.717) is 11.7 Å². The molecule has 0 heterocycles. The van der Waals surface area contributed by atoms with Gasteiger partial charge in [0.25, 0.3) is 0 Å². The minimum atomic E-state index is 0.351. The van der Waals surface area contributed by atoms with Gasteiger partial charge in [0.05, 0.1) is 1.37 Å². The Balaban J connectivity index is 2.45. The van der Waals surface area contributed by atoms with E-state index < -0.39 is 0 Å². The minimum absolute atomic E-state index is 0.351. The average molecular weight is 185 g/mol. The van der Waals surface area contributed by atoms with Crippen molar-refractivity contribution in [2.75, 3.05) is 11.5 Å². The van der Waals surface area contributed by atoms with E-state index in [1.54, 1.807) is 12.1 Å². The van der Waals surface area contributed by atoms with Crippen LogP contribution in [-0.4, -0.2) is 0 Å². The van der Waals surface area contributed by atoms with Crippen LogP contribution in [0.2, 0.25) is 0 Å². The molecule has 4 N–H and O–H groups in total. The summed E-state index contributed by atoms with van der Waals surface area (Å²) in [5, 5.41) is 0. The summed E-state index contributed by atoms with van der Waals surface area (Å²) in [6.45, 7) is 0. The third kappa shape index (κ3) is 1.69. The number of nitrogen functional groups attached to an aromatic ring is 2. The maximum Gasteiger partial charge on any atom is 0.0645 e. The molecule has 0 radical (unpaired) electrons.